The molecule has 0 spiro atoms. The van der Waals surface area contributed by atoms with Crippen molar-refractivity contribution in [3.63, 3.8) is 0 Å². The van der Waals surface area contributed by atoms with Gasteiger partial charge in [0.1, 0.15) is 5.71 Å². The summed E-state index contributed by atoms with van der Waals surface area (Å²) in [5.41, 5.74) is 5.28. The second-order valence-electron chi connectivity index (χ2n) is 6.37. The van der Waals surface area contributed by atoms with Gasteiger partial charge in [-0.25, -0.2) is 0 Å². The SMILES string of the molecule is N#Cc1cccc(Cn2cc(NC(=O)C(=N)c3ccc(C(F)(F)F)cc3N)cn2)c1. The number of rotatable bonds is 5. The van der Waals surface area contributed by atoms with Crippen molar-refractivity contribution in [2.75, 3.05) is 11.1 Å². The summed E-state index contributed by atoms with van der Waals surface area (Å²) in [6.07, 6.45) is -1.67. The number of hydrogen-bond acceptors (Lipinski definition) is 5. The Bertz CT molecular complexity index is 1160. The summed E-state index contributed by atoms with van der Waals surface area (Å²) in [6, 6.07) is 11.4. The van der Waals surface area contributed by atoms with E-state index in [0.717, 1.165) is 17.7 Å². The molecule has 0 saturated heterocycles. The van der Waals surface area contributed by atoms with Gasteiger partial charge in [-0.2, -0.15) is 23.5 Å². The molecule has 0 aliphatic heterocycles. The van der Waals surface area contributed by atoms with Crippen molar-refractivity contribution in [1.82, 2.24) is 9.78 Å². The lowest BCUT2D eigenvalue weighted by Gasteiger charge is -2.11. The molecule has 7 nitrogen and oxygen atoms in total. The molecule has 3 aromatic rings. The largest absolute Gasteiger partial charge is 0.416 e. The van der Waals surface area contributed by atoms with Crippen LogP contribution < -0.4 is 11.1 Å². The highest BCUT2D eigenvalue weighted by Gasteiger charge is 2.31. The van der Waals surface area contributed by atoms with Crippen LogP contribution in [0, 0.1) is 16.7 Å². The minimum Gasteiger partial charge on any atom is -0.398 e. The molecular weight excluding hydrogens is 397 g/mol. The molecular formula is C20H15F3N6O. The van der Waals surface area contributed by atoms with Crippen molar-refractivity contribution in [1.29, 1.82) is 10.7 Å². The molecule has 0 saturated carbocycles. The predicted octanol–water partition coefficient (Wildman–Crippen LogP) is 3.41. The van der Waals surface area contributed by atoms with Crippen LogP contribution in [0.4, 0.5) is 24.5 Å². The zero-order chi connectivity index (χ0) is 21.9. The highest BCUT2D eigenvalue weighted by molar-refractivity contribution is 6.48. The Labute approximate surface area is 169 Å². The van der Waals surface area contributed by atoms with E-state index in [9.17, 15) is 18.0 Å². The minimum absolute atomic E-state index is 0.110. The molecule has 0 fully saturated rings. The van der Waals surface area contributed by atoms with Crippen molar-refractivity contribution < 1.29 is 18.0 Å². The topological polar surface area (TPSA) is 121 Å². The lowest BCUT2D eigenvalue weighted by Crippen LogP contribution is -2.24. The standard InChI is InChI=1S/C20H15F3N6O/c21-20(22,23)14-4-5-16(17(25)7-14)18(26)19(30)28-15-9-27-29(11-15)10-13-3-1-2-12(6-13)8-24/h1-7,9,11,26H,10,25H2,(H,28,30). The summed E-state index contributed by atoms with van der Waals surface area (Å²) in [6.45, 7) is 0.356. The number of nitrogen functional groups attached to an aromatic ring is 1. The molecule has 0 aliphatic rings. The molecule has 2 aromatic carbocycles. The molecule has 3 rings (SSSR count). The van der Waals surface area contributed by atoms with Crippen LogP contribution in [0.5, 0.6) is 0 Å². The molecule has 0 radical (unpaired) electrons. The number of carbonyl (C=O) groups is 1. The normalized spacial score (nSPS) is 11.0. The first-order valence-corrected chi connectivity index (χ1v) is 8.56. The van der Waals surface area contributed by atoms with Gasteiger partial charge in [-0.15, -0.1) is 0 Å². The second-order valence-corrected chi connectivity index (χ2v) is 6.37. The van der Waals surface area contributed by atoms with Crippen LogP contribution in [0.2, 0.25) is 0 Å². The van der Waals surface area contributed by atoms with Crippen molar-refractivity contribution in [3.05, 3.63) is 77.1 Å². The van der Waals surface area contributed by atoms with Gasteiger partial charge in [-0.3, -0.25) is 14.9 Å². The number of hydrogen-bond donors (Lipinski definition) is 3. The molecule has 10 heteroatoms. The number of nitrogens with zero attached hydrogens (tertiary/aromatic N) is 3. The van der Waals surface area contributed by atoms with E-state index < -0.39 is 23.4 Å². The molecule has 0 unspecified atom stereocenters. The Morgan fingerprint density at radius 2 is 2.03 bits per heavy atom. The van der Waals surface area contributed by atoms with Gasteiger partial charge in [0.15, 0.2) is 0 Å². The molecule has 1 heterocycles. The molecule has 1 aromatic heterocycles. The fourth-order valence-electron chi connectivity index (χ4n) is 2.72. The van der Waals surface area contributed by atoms with E-state index in [-0.39, 0.29) is 11.3 Å². The summed E-state index contributed by atoms with van der Waals surface area (Å²) in [4.78, 5) is 12.3. The van der Waals surface area contributed by atoms with Crippen LogP contribution in [0.15, 0.2) is 54.9 Å². The molecule has 0 aliphatic carbocycles. The molecule has 0 atom stereocenters. The number of alkyl halides is 3. The maximum atomic E-state index is 12.7. The van der Waals surface area contributed by atoms with Gasteiger partial charge < -0.3 is 11.1 Å². The monoisotopic (exact) mass is 412 g/mol. The lowest BCUT2D eigenvalue weighted by molar-refractivity contribution is -0.137. The highest BCUT2D eigenvalue weighted by atomic mass is 19.4. The van der Waals surface area contributed by atoms with E-state index in [1.54, 1.807) is 18.2 Å². The number of benzene rings is 2. The van der Waals surface area contributed by atoms with E-state index in [0.29, 0.717) is 23.9 Å². The van der Waals surface area contributed by atoms with Gasteiger partial charge in [-0.05, 0) is 35.9 Å². The van der Waals surface area contributed by atoms with Crippen molar-refractivity contribution in [3.8, 4) is 6.07 Å². The number of halogens is 3. The first kappa shape index (κ1) is 20.6. The van der Waals surface area contributed by atoms with Gasteiger partial charge >= 0.3 is 6.18 Å². The number of carbonyl (C=O) groups excluding carboxylic acids is 1. The van der Waals surface area contributed by atoms with Crippen LogP contribution in [0.3, 0.4) is 0 Å². The smallest absolute Gasteiger partial charge is 0.398 e. The zero-order valence-corrected chi connectivity index (χ0v) is 15.4. The maximum absolute atomic E-state index is 12.7. The number of amides is 1. The summed E-state index contributed by atoms with van der Waals surface area (Å²) >= 11 is 0. The van der Waals surface area contributed by atoms with Gasteiger partial charge in [0, 0.05) is 17.4 Å². The van der Waals surface area contributed by atoms with Crippen LogP contribution in [0.1, 0.15) is 22.3 Å². The van der Waals surface area contributed by atoms with Crippen LogP contribution >= 0.6 is 0 Å². The van der Waals surface area contributed by atoms with Gasteiger partial charge in [-0.1, -0.05) is 12.1 Å². The zero-order valence-electron chi connectivity index (χ0n) is 15.4. The summed E-state index contributed by atoms with van der Waals surface area (Å²) < 4.78 is 39.7. The van der Waals surface area contributed by atoms with Crippen LogP contribution in [-0.2, 0) is 17.5 Å². The quantitative estimate of drug-likeness (QED) is 0.439. The Hall–Kier alpha value is -4.13. The van der Waals surface area contributed by atoms with Crippen molar-refractivity contribution in [2.24, 2.45) is 0 Å². The fourth-order valence-corrected chi connectivity index (χ4v) is 2.72. The van der Waals surface area contributed by atoms with E-state index in [4.69, 9.17) is 16.4 Å². The molecule has 30 heavy (non-hydrogen) atoms. The molecule has 1 amide bonds. The summed E-state index contributed by atoms with van der Waals surface area (Å²) in [7, 11) is 0. The number of aromatic nitrogens is 2. The maximum Gasteiger partial charge on any atom is 0.416 e. The third-order valence-corrected chi connectivity index (χ3v) is 4.17. The van der Waals surface area contributed by atoms with E-state index in [1.165, 1.54) is 17.1 Å². The van der Waals surface area contributed by atoms with Gasteiger partial charge in [0.05, 0.1) is 35.6 Å². The molecule has 152 valence electrons. The Morgan fingerprint density at radius 1 is 1.27 bits per heavy atom. The van der Waals surface area contributed by atoms with Gasteiger partial charge in [0.2, 0.25) is 0 Å². The van der Waals surface area contributed by atoms with E-state index >= 15 is 0 Å². The van der Waals surface area contributed by atoms with E-state index in [1.807, 2.05) is 12.1 Å². The van der Waals surface area contributed by atoms with Crippen molar-refractivity contribution >= 4 is 23.0 Å². The average molecular weight is 412 g/mol. The van der Waals surface area contributed by atoms with Crippen LogP contribution in [-0.4, -0.2) is 21.4 Å². The number of anilines is 2. The predicted molar refractivity (Wildman–Crippen MR) is 104 cm³/mol. The van der Waals surface area contributed by atoms with Crippen LogP contribution in [0.25, 0.3) is 0 Å². The minimum atomic E-state index is -4.57. The van der Waals surface area contributed by atoms with Gasteiger partial charge in [0.25, 0.3) is 5.91 Å². The summed E-state index contributed by atoms with van der Waals surface area (Å²) in [5, 5.41) is 23.5. The van der Waals surface area contributed by atoms with E-state index in [2.05, 4.69) is 10.4 Å². The first-order valence-electron chi connectivity index (χ1n) is 8.56. The number of nitriles is 1. The first-order chi connectivity index (χ1) is 14.2. The highest BCUT2D eigenvalue weighted by Crippen LogP contribution is 2.31. The molecule has 0 bridgehead atoms. The lowest BCUT2D eigenvalue weighted by atomic mass is 10.0. The average Bonchev–Trinajstić information content (AvgIpc) is 3.13. The third kappa shape index (κ3) is 4.64. The fraction of sp³-hybridized carbons (Fsp3) is 0.100. The Balaban J connectivity index is 1.69. The second kappa shape index (κ2) is 8.08. The molecule has 4 N–H and O–H groups in total. The number of nitrogens with two attached hydrogens (primary N) is 1. The third-order valence-electron chi connectivity index (χ3n) is 4.17. The van der Waals surface area contributed by atoms with Crippen molar-refractivity contribution in [2.45, 2.75) is 12.7 Å². The summed E-state index contributed by atoms with van der Waals surface area (Å²) in [5.74, 6) is -0.840. The number of nitrogens with one attached hydrogen (secondary N) is 2. The Morgan fingerprint density at radius 3 is 2.70 bits per heavy atom. The Kier molecular flexibility index (Phi) is 5.55.